The maximum Gasteiger partial charge on any atom is 0.233 e. The van der Waals surface area contributed by atoms with Crippen molar-refractivity contribution < 1.29 is 9.63 Å². The Morgan fingerprint density at radius 3 is 2.53 bits per heavy atom. The second-order valence-corrected chi connectivity index (χ2v) is 5.31. The minimum absolute atomic E-state index is 0.0855. The molecule has 0 bridgehead atoms. The van der Waals surface area contributed by atoms with Crippen molar-refractivity contribution in [2.45, 2.75) is 44.4 Å². The molecule has 1 aromatic heterocycles. The summed E-state index contributed by atoms with van der Waals surface area (Å²) in [6.45, 7) is 2.19. The van der Waals surface area contributed by atoms with E-state index in [1.165, 1.54) is 12.8 Å². The molecule has 1 N–H and O–H groups in total. The fraction of sp³-hybridized carbons (Fsp3) is 0.467. The highest BCUT2D eigenvalue weighted by Crippen LogP contribution is 2.43. The number of hydrogen-bond acceptors (Lipinski definition) is 4. The second-order valence-electron chi connectivity index (χ2n) is 5.31. The molecule has 0 amide bonds. The predicted molar refractivity (Wildman–Crippen MR) is 71.8 cm³/mol. The van der Waals surface area contributed by atoms with E-state index in [-0.39, 0.29) is 11.2 Å². The van der Waals surface area contributed by atoms with Crippen molar-refractivity contribution in [2.75, 3.05) is 0 Å². The van der Waals surface area contributed by atoms with Crippen molar-refractivity contribution in [1.82, 2.24) is 10.1 Å². The summed E-state index contributed by atoms with van der Waals surface area (Å²) in [5, 5.41) is 13.4. The first-order chi connectivity index (χ1) is 9.23. The van der Waals surface area contributed by atoms with Crippen molar-refractivity contribution in [1.29, 1.82) is 0 Å². The van der Waals surface area contributed by atoms with E-state index in [1.54, 1.807) is 24.3 Å². The van der Waals surface area contributed by atoms with Crippen LogP contribution in [0.25, 0.3) is 11.4 Å². The van der Waals surface area contributed by atoms with Gasteiger partial charge in [0.05, 0.1) is 0 Å². The van der Waals surface area contributed by atoms with Crippen LogP contribution in [0.4, 0.5) is 0 Å². The molecule has 0 spiro atoms. The van der Waals surface area contributed by atoms with Gasteiger partial charge in [0.25, 0.3) is 0 Å². The second kappa shape index (κ2) is 4.68. The Hall–Kier alpha value is -1.84. The van der Waals surface area contributed by atoms with Gasteiger partial charge in [0.1, 0.15) is 5.75 Å². The van der Waals surface area contributed by atoms with Crippen molar-refractivity contribution in [2.24, 2.45) is 0 Å². The molecule has 3 rings (SSSR count). The molecule has 0 atom stereocenters. The van der Waals surface area contributed by atoms with Gasteiger partial charge in [-0.15, -0.1) is 0 Å². The molecule has 0 unspecified atom stereocenters. The molecule has 4 heteroatoms. The van der Waals surface area contributed by atoms with Crippen LogP contribution in [0, 0.1) is 0 Å². The van der Waals surface area contributed by atoms with Crippen LogP contribution in [0.5, 0.6) is 5.75 Å². The molecule has 1 fully saturated rings. The van der Waals surface area contributed by atoms with E-state index < -0.39 is 0 Å². The number of benzene rings is 1. The van der Waals surface area contributed by atoms with Crippen molar-refractivity contribution in [3.8, 4) is 17.1 Å². The Labute approximate surface area is 112 Å². The van der Waals surface area contributed by atoms with Crippen LogP contribution in [-0.2, 0) is 5.41 Å². The first-order valence-corrected chi connectivity index (χ1v) is 6.87. The molecule has 19 heavy (non-hydrogen) atoms. The van der Waals surface area contributed by atoms with Gasteiger partial charge in [-0.2, -0.15) is 4.98 Å². The zero-order valence-electron chi connectivity index (χ0n) is 11.1. The van der Waals surface area contributed by atoms with Crippen LogP contribution >= 0.6 is 0 Å². The van der Waals surface area contributed by atoms with Gasteiger partial charge in [-0.25, -0.2) is 0 Å². The van der Waals surface area contributed by atoms with Crippen LogP contribution in [0.1, 0.15) is 44.9 Å². The van der Waals surface area contributed by atoms with Crippen LogP contribution in [0.3, 0.4) is 0 Å². The number of aromatic nitrogens is 2. The first-order valence-electron chi connectivity index (χ1n) is 6.87. The van der Waals surface area contributed by atoms with Gasteiger partial charge in [-0.1, -0.05) is 24.9 Å². The van der Waals surface area contributed by atoms with Gasteiger partial charge in [0.2, 0.25) is 11.7 Å². The standard InChI is InChI=1S/C15H18N2O2/c1-2-15(9-3-4-10-15)14-16-13(17-19-14)11-5-7-12(18)8-6-11/h5-8,18H,2-4,9-10H2,1H3. The Bertz CT molecular complexity index is 554. The molecule has 1 aliphatic rings. The topological polar surface area (TPSA) is 59.2 Å². The lowest BCUT2D eigenvalue weighted by molar-refractivity contribution is 0.273. The third kappa shape index (κ3) is 2.11. The third-order valence-electron chi connectivity index (χ3n) is 4.24. The van der Waals surface area contributed by atoms with Crippen LogP contribution in [-0.4, -0.2) is 15.2 Å². The molecular weight excluding hydrogens is 240 g/mol. The molecule has 0 radical (unpaired) electrons. The maximum atomic E-state index is 9.30. The summed E-state index contributed by atoms with van der Waals surface area (Å²) < 4.78 is 5.50. The van der Waals surface area contributed by atoms with Crippen molar-refractivity contribution in [3.63, 3.8) is 0 Å². The number of nitrogens with zero attached hydrogens (tertiary/aromatic N) is 2. The van der Waals surface area contributed by atoms with E-state index >= 15 is 0 Å². The lowest BCUT2D eigenvalue weighted by Gasteiger charge is -2.21. The normalized spacial score (nSPS) is 17.7. The van der Waals surface area contributed by atoms with Crippen molar-refractivity contribution >= 4 is 0 Å². The predicted octanol–water partition coefficient (Wildman–Crippen LogP) is 3.66. The third-order valence-corrected chi connectivity index (χ3v) is 4.24. The van der Waals surface area contributed by atoms with Crippen LogP contribution < -0.4 is 0 Å². The molecule has 2 aromatic rings. The summed E-state index contributed by atoms with van der Waals surface area (Å²) in [7, 11) is 0. The van der Waals surface area contributed by atoms with Gasteiger partial charge in [0, 0.05) is 11.0 Å². The SMILES string of the molecule is CCC1(c2nc(-c3ccc(O)cc3)no2)CCCC1. The zero-order valence-corrected chi connectivity index (χ0v) is 11.1. The summed E-state index contributed by atoms with van der Waals surface area (Å²) >= 11 is 0. The number of phenolic OH excluding ortho intramolecular Hbond substituents is 1. The van der Waals surface area contributed by atoms with Crippen LogP contribution in [0.2, 0.25) is 0 Å². The van der Waals surface area contributed by atoms with E-state index in [0.29, 0.717) is 5.82 Å². The summed E-state index contributed by atoms with van der Waals surface area (Å²) in [6.07, 6.45) is 5.81. The molecule has 1 aliphatic carbocycles. The molecule has 0 aliphatic heterocycles. The van der Waals surface area contributed by atoms with Gasteiger partial charge in [0.15, 0.2) is 0 Å². The van der Waals surface area contributed by atoms with Crippen LogP contribution in [0.15, 0.2) is 28.8 Å². The summed E-state index contributed by atoms with van der Waals surface area (Å²) in [5.41, 5.74) is 0.958. The van der Waals surface area contributed by atoms with E-state index in [2.05, 4.69) is 17.1 Å². The smallest absolute Gasteiger partial charge is 0.233 e. The lowest BCUT2D eigenvalue weighted by atomic mass is 9.83. The average Bonchev–Trinajstić information content (AvgIpc) is 3.09. The Morgan fingerprint density at radius 2 is 1.89 bits per heavy atom. The molecule has 1 aromatic carbocycles. The zero-order chi connectivity index (χ0) is 13.3. The molecule has 4 nitrogen and oxygen atoms in total. The Morgan fingerprint density at radius 1 is 1.21 bits per heavy atom. The van der Waals surface area contributed by atoms with Gasteiger partial charge < -0.3 is 9.63 Å². The van der Waals surface area contributed by atoms with Gasteiger partial charge >= 0.3 is 0 Å². The molecule has 100 valence electrons. The minimum Gasteiger partial charge on any atom is -0.508 e. The lowest BCUT2D eigenvalue weighted by Crippen LogP contribution is -2.21. The summed E-state index contributed by atoms with van der Waals surface area (Å²) in [4.78, 5) is 4.58. The quantitative estimate of drug-likeness (QED) is 0.912. The van der Waals surface area contributed by atoms with E-state index in [0.717, 1.165) is 30.7 Å². The Balaban J connectivity index is 1.92. The number of phenols is 1. The van der Waals surface area contributed by atoms with E-state index in [1.807, 2.05) is 0 Å². The highest BCUT2D eigenvalue weighted by Gasteiger charge is 2.39. The number of rotatable bonds is 3. The molecular formula is C15H18N2O2. The molecule has 1 heterocycles. The fourth-order valence-electron chi connectivity index (χ4n) is 2.94. The fourth-order valence-corrected chi connectivity index (χ4v) is 2.94. The summed E-state index contributed by atoms with van der Waals surface area (Å²) in [5.74, 6) is 1.62. The largest absolute Gasteiger partial charge is 0.508 e. The monoisotopic (exact) mass is 258 g/mol. The van der Waals surface area contributed by atoms with Gasteiger partial charge in [-0.3, -0.25) is 0 Å². The number of hydrogen-bond donors (Lipinski definition) is 1. The van der Waals surface area contributed by atoms with Crippen molar-refractivity contribution in [3.05, 3.63) is 30.2 Å². The Kier molecular flexibility index (Phi) is 3.01. The average molecular weight is 258 g/mol. The van der Waals surface area contributed by atoms with E-state index in [9.17, 15) is 5.11 Å². The summed E-state index contributed by atoms with van der Waals surface area (Å²) in [6, 6.07) is 6.88. The van der Waals surface area contributed by atoms with Gasteiger partial charge in [-0.05, 0) is 43.5 Å². The maximum absolute atomic E-state index is 9.30. The number of aromatic hydroxyl groups is 1. The molecule has 0 saturated heterocycles. The molecule has 1 saturated carbocycles. The van der Waals surface area contributed by atoms with E-state index in [4.69, 9.17) is 4.52 Å². The highest BCUT2D eigenvalue weighted by molar-refractivity contribution is 5.55. The highest BCUT2D eigenvalue weighted by atomic mass is 16.5. The minimum atomic E-state index is 0.0855. The first kappa shape index (κ1) is 12.2.